The van der Waals surface area contributed by atoms with E-state index in [1.165, 1.54) is 0 Å². The number of aryl methyl sites for hydroxylation is 1. The molecule has 0 unspecified atom stereocenters. The molecular weight excluding hydrogens is 258 g/mol. The molecule has 1 aromatic carbocycles. The van der Waals surface area contributed by atoms with E-state index in [1.807, 2.05) is 19.1 Å². The van der Waals surface area contributed by atoms with E-state index in [2.05, 4.69) is 15.5 Å². The Kier molecular flexibility index (Phi) is 4.60. The van der Waals surface area contributed by atoms with Crippen molar-refractivity contribution in [1.29, 1.82) is 0 Å². The summed E-state index contributed by atoms with van der Waals surface area (Å²) in [6.07, 6.45) is 1.63. The minimum Gasteiger partial charge on any atom is -0.493 e. The standard InChI is InChI=1S/C14H17N3O3/c1-10-3-4-12(13(7-10)19-2)20-9-14(18)15-8-11-5-6-16-17-11/h3-7H,8-9H2,1-2H3,(H,15,18)(H,16,17). The molecule has 2 aromatic rings. The first kappa shape index (κ1) is 13.9. The number of aromatic amines is 1. The minimum absolute atomic E-state index is 0.0619. The van der Waals surface area contributed by atoms with E-state index in [1.54, 1.807) is 25.4 Å². The highest BCUT2D eigenvalue weighted by Crippen LogP contribution is 2.27. The highest BCUT2D eigenvalue weighted by Gasteiger charge is 2.07. The summed E-state index contributed by atoms with van der Waals surface area (Å²) < 4.78 is 10.7. The van der Waals surface area contributed by atoms with Crippen molar-refractivity contribution >= 4 is 5.91 Å². The van der Waals surface area contributed by atoms with Crippen LogP contribution in [0.4, 0.5) is 0 Å². The number of aromatic nitrogens is 2. The van der Waals surface area contributed by atoms with Crippen LogP contribution in [0, 0.1) is 6.92 Å². The Morgan fingerprint density at radius 3 is 2.90 bits per heavy atom. The van der Waals surface area contributed by atoms with Gasteiger partial charge in [-0.15, -0.1) is 0 Å². The van der Waals surface area contributed by atoms with Gasteiger partial charge in [0.1, 0.15) is 0 Å². The monoisotopic (exact) mass is 275 g/mol. The number of hydrogen-bond donors (Lipinski definition) is 2. The molecule has 0 atom stereocenters. The molecule has 0 saturated carbocycles. The fourth-order valence-electron chi connectivity index (χ4n) is 1.67. The lowest BCUT2D eigenvalue weighted by Crippen LogP contribution is -2.28. The smallest absolute Gasteiger partial charge is 0.258 e. The Morgan fingerprint density at radius 1 is 1.35 bits per heavy atom. The van der Waals surface area contributed by atoms with Crippen LogP contribution >= 0.6 is 0 Å². The average molecular weight is 275 g/mol. The molecule has 1 amide bonds. The number of methoxy groups -OCH3 is 1. The zero-order valence-electron chi connectivity index (χ0n) is 11.5. The molecule has 6 heteroatoms. The first-order chi connectivity index (χ1) is 9.69. The van der Waals surface area contributed by atoms with Crippen molar-refractivity contribution in [3.8, 4) is 11.5 Å². The lowest BCUT2D eigenvalue weighted by atomic mass is 10.2. The third-order valence-electron chi connectivity index (χ3n) is 2.71. The first-order valence-electron chi connectivity index (χ1n) is 6.21. The van der Waals surface area contributed by atoms with Crippen LogP contribution in [-0.2, 0) is 11.3 Å². The van der Waals surface area contributed by atoms with Gasteiger partial charge in [-0.2, -0.15) is 5.10 Å². The number of H-pyrrole nitrogens is 1. The van der Waals surface area contributed by atoms with Crippen LogP contribution in [0.15, 0.2) is 30.5 Å². The van der Waals surface area contributed by atoms with Crippen molar-refractivity contribution in [2.45, 2.75) is 13.5 Å². The highest BCUT2D eigenvalue weighted by molar-refractivity contribution is 5.77. The molecule has 6 nitrogen and oxygen atoms in total. The van der Waals surface area contributed by atoms with Crippen molar-refractivity contribution < 1.29 is 14.3 Å². The molecule has 0 fully saturated rings. The van der Waals surface area contributed by atoms with Crippen LogP contribution in [0.5, 0.6) is 11.5 Å². The molecule has 1 aromatic heterocycles. The Bertz CT molecular complexity index is 567. The maximum atomic E-state index is 11.7. The number of rotatable bonds is 6. The van der Waals surface area contributed by atoms with Crippen LogP contribution in [-0.4, -0.2) is 29.8 Å². The zero-order valence-corrected chi connectivity index (χ0v) is 11.5. The molecule has 0 aliphatic heterocycles. The van der Waals surface area contributed by atoms with Gasteiger partial charge < -0.3 is 14.8 Å². The van der Waals surface area contributed by atoms with E-state index in [9.17, 15) is 4.79 Å². The molecule has 106 valence electrons. The van der Waals surface area contributed by atoms with E-state index in [-0.39, 0.29) is 12.5 Å². The molecular formula is C14H17N3O3. The Hall–Kier alpha value is -2.50. The minimum atomic E-state index is -0.206. The molecule has 0 aliphatic rings. The molecule has 0 radical (unpaired) electrons. The molecule has 2 rings (SSSR count). The maximum Gasteiger partial charge on any atom is 0.258 e. The third-order valence-corrected chi connectivity index (χ3v) is 2.71. The SMILES string of the molecule is COc1cc(C)ccc1OCC(=O)NCc1ccn[nH]1. The van der Waals surface area contributed by atoms with Crippen molar-refractivity contribution in [3.63, 3.8) is 0 Å². The van der Waals surface area contributed by atoms with Crippen molar-refractivity contribution in [1.82, 2.24) is 15.5 Å². The number of amides is 1. The van der Waals surface area contributed by atoms with E-state index < -0.39 is 0 Å². The summed E-state index contributed by atoms with van der Waals surface area (Å²) in [6, 6.07) is 7.35. The van der Waals surface area contributed by atoms with Crippen LogP contribution in [0.2, 0.25) is 0 Å². The lowest BCUT2D eigenvalue weighted by molar-refractivity contribution is -0.123. The predicted octanol–water partition coefficient (Wildman–Crippen LogP) is 1.42. The Balaban J connectivity index is 1.84. The summed E-state index contributed by atoms with van der Waals surface area (Å²) in [7, 11) is 1.57. The van der Waals surface area contributed by atoms with E-state index >= 15 is 0 Å². The number of benzene rings is 1. The average Bonchev–Trinajstić information content (AvgIpc) is 2.97. The van der Waals surface area contributed by atoms with Crippen molar-refractivity contribution in [2.75, 3.05) is 13.7 Å². The van der Waals surface area contributed by atoms with Crippen LogP contribution < -0.4 is 14.8 Å². The second kappa shape index (κ2) is 6.60. The van der Waals surface area contributed by atoms with E-state index in [0.717, 1.165) is 11.3 Å². The van der Waals surface area contributed by atoms with Gasteiger partial charge in [-0.1, -0.05) is 6.07 Å². The van der Waals surface area contributed by atoms with Gasteiger partial charge >= 0.3 is 0 Å². The lowest BCUT2D eigenvalue weighted by Gasteiger charge is -2.11. The third kappa shape index (κ3) is 3.74. The number of nitrogens with zero attached hydrogens (tertiary/aromatic N) is 1. The molecule has 0 aliphatic carbocycles. The Labute approximate surface area is 117 Å². The fourth-order valence-corrected chi connectivity index (χ4v) is 1.67. The van der Waals surface area contributed by atoms with Crippen LogP contribution in [0.1, 0.15) is 11.3 Å². The number of hydrogen-bond acceptors (Lipinski definition) is 4. The summed E-state index contributed by atoms with van der Waals surface area (Å²) in [5.74, 6) is 0.961. The summed E-state index contributed by atoms with van der Waals surface area (Å²) in [6.45, 7) is 2.30. The molecule has 0 saturated heterocycles. The first-order valence-corrected chi connectivity index (χ1v) is 6.21. The Morgan fingerprint density at radius 2 is 2.20 bits per heavy atom. The number of carbonyl (C=O) groups excluding carboxylic acids is 1. The van der Waals surface area contributed by atoms with E-state index in [4.69, 9.17) is 9.47 Å². The molecule has 20 heavy (non-hydrogen) atoms. The van der Waals surface area contributed by atoms with E-state index in [0.29, 0.717) is 18.0 Å². The van der Waals surface area contributed by atoms with Gasteiger partial charge in [-0.3, -0.25) is 9.89 Å². The maximum absolute atomic E-state index is 11.7. The summed E-state index contributed by atoms with van der Waals surface area (Å²) in [4.78, 5) is 11.7. The summed E-state index contributed by atoms with van der Waals surface area (Å²) in [5.41, 5.74) is 1.91. The normalized spacial score (nSPS) is 10.1. The van der Waals surface area contributed by atoms with Gasteiger partial charge in [0.2, 0.25) is 0 Å². The number of carbonyl (C=O) groups is 1. The topological polar surface area (TPSA) is 76.2 Å². The molecule has 2 N–H and O–H groups in total. The van der Waals surface area contributed by atoms with Gasteiger partial charge in [0.25, 0.3) is 5.91 Å². The molecule has 0 spiro atoms. The van der Waals surface area contributed by atoms with Crippen LogP contribution in [0.3, 0.4) is 0 Å². The van der Waals surface area contributed by atoms with Gasteiger partial charge in [0.15, 0.2) is 18.1 Å². The van der Waals surface area contributed by atoms with Gasteiger partial charge in [-0.05, 0) is 30.7 Å². The second-order valence-electron chi connectivity index (χ2n) is 4.30. The predicted molar refractivity (Wildman–Crippen MR) is 73.7 cm³/mol. The highest BCUT2D eigenvalue weighted by atomic mass is 16.5. The number of ether oxygens (including phenoxy) is 2. The summed E-state index contributed by atoms with van der Waals surface area (Å²) in [5, 5.41) is 9.29. The zero-order chi connectivity index (χ0) is 14.4. The van der Waals surface area contributed by atoms with Crippen molar-refractivity contribution in [2.24, 2.45) is 0 Å². The van der Waals surface area contributed by atoms with Crippen molar-refractivity contribution in [3.05, 3.63) is 41.7 Å². The van der Waals surface area contributed by atoms with Crippen LogP contribution in [0.25, 0.3) is 0 Å². The quantitative estimate of drug-likeness (QED) is 0.836. The fraction of sp³-hybridized carbons (Fsp3) is 0.286. The van der Waals surface area contributed by atoms with Gasteiger partial charge in [0.05, 0.1) is 19.3 Å². The van der Waals surface area contributed by atoms with Gasteiger partial charge in [0, 0.05) is 6.20 Å². The molecule has 0 bridgehead atoms. The largest absolute Gasteiger partial charge is 0.493 e. The summed E-state index contributed by atoms with van der Waals surface area (Å²) >= 11 is 0. The number of nitrogens with one attached hydrogen (secondary N) is 2. The van der Waals surface area contributed by atoms with Gasteiger partial charge in [-0.25, -0.2) is 0 Å². The second-order valence-corrected chi connectivity index (χ2v) is 4.30. The molecule has 1 heterocycles.